The SMILES string of the molecule is COc1ccc(C(=O)O)cc1-c1ccc(CN(C)C)cc1. The topological polar surface area (TPSA) is 49.8 Å². The van der Waals surface area contributed by atoms with Gasteiger partial charge in [-0.05, 0) is 43.4 Å². The number of nitrogens with zero attached hydrogens (tertiary/aromatic N) is 1. The Morgan fingerprint density at radius 3 is 2.33 bits per heavy atom. The minimum atomic E-state index is -0.942. The first-order chi connectivity index (χ1) is 10.0. The van der Waals surface area contributed by atoms with Gasteiger partial charge < -0.3 is 14.7 Å². The van der Waals surface area contributed by atoms with E-state index in [1.54, 1.807) is 25.3 Å². The van der Waals surface area contributed by atoms with E-state index in [2.05, 4.69) is 4.90 Å². The van der Waals surface area contributed by atoms with Gasteiger partial charge in [-0.1, -0.05) is 24.3 Å². The molecule has 0 unspecified atom stereocenters. The third-order valence-electron chi connectivity index (χ3n) is 3.21. The molecule has 21 heavy (non-hydrogen) atoms. The molecular formula is C17H19NO3. The van der Waals surface area contributed by atoms with Gasteiger partial charge in [-0.3, -0.25) is 0 Å². The molecular weight excluding hydrogens is 266 g/mol. The van der Waals surface area contributed by atoms with Gasteiger partial charge in [0.25, 0.3) is 0 Å². The Labute approximate surface area is 124 Å². The summed E-state index contributed by atoms with van der Waals surface area (Å²) in [6.07, 6.45) is 0. The molecule has 0 amide bonds. The zero-order valence-corrected chi connectivity index (χ0v) is 12.5. The molecule has 2 aromatic carbocycles. The van der Waals surface area contributed by atoms with Gasteiger partial charge in [-0.2, -0.15) is 0 Å². The normalized spacial score (nSPS) is 10.7. The lowest BCUT2D eigenvalue weighted by Gasteiger charge is -2.12. The molecule has 0 saturated heterocycles. The number of benzene rings is 2. The van der Waals surface area contributed by atoms with Gasteiger partial charge in [-0.15, -0.1) is 0 Å². The largest absolute Gasteiger partial charge is 0.496 e. The van der Waals surface area contributed by atoms with Crippen molar-refractivity contribution in [3.05, 3.63) is 53.6 Å². The average molecular weight is 285 g/mol. The van der Waals surface area contributed by atoms with Crippen molar-refractivity contribution < 1.29 is 14.6 Å². The Bertz CT molecular complexity index is 633. The Morgan fingerprint density at radius 1 is 1.14 bits per heavy atom. The van der Waals surface area contributed by atoms with Crippen LogP contribution in [0.3, 0.4) is 0 Å². The van der Waals surface area contributed by atoms with Crippen molar-refractivity contribution in [3.8, 4) is 16.9 Å². The van der Waals surface area contributed by atoms with Crippen LogP contribution in [0.1, 0.15) is 15.9 Å². The summed E-state index contributed by atoms with van der Waals surface area (Å²) in [7, 11) is 5.63. The zero-order chi connectivity index (χ0) is 15.4. The van der Waals surface area contributed by atoms with Gasteiger partial charge in [-0.25, -0.2) is 4.79 Å². The van der Waals surface area contributed by atoms with E-state index in [1.165, 1.54) is 5.56 Å². The Hall–Kier alpha value is -2.33. The summed E-state index contributed by atoms with van der Waals surface area (Å²) in [5.74, 6) is -0.275. The molecule has 0 aliphatic rings. The molecule has 4 nitrogen and oxygen atoms in total. The van der Waals surface area contributed by atoms with Crippen molar-refractivity contribution in [2.24, 2.45) is 0 Å². The van der Waals surface area contributed by atoms with E-state index in [9.17, 15) is 4.79 Å². The van der Waals surface area contributed by atoms with Crippen LogP contribution < -0.4 is 4.74 Å². The van der Waals surface area contributed by atoms with E-state index >= 15 is 0 Å². The van der Waals surface area contributed by atoms with Crippen molar-refractivity contribution in [2.45, 2.75) is 6.54 Å². The number of ether oxygens (including phenoxy) is 1. The quantitative estimate of drug-likeness (QED) is 0.917. The van der Waals surface area contributed by atoms with Gasteiger partial charge >= 0.3 is 5.97 Å². The molecule has 0 saturated carbocycles. The molecule has 0 aromatic heterocycles. The molecule has 0 aliphatic carbocycles. The Morgan fingerprint density at radius 2 is 1.81 bits per heavy atom. The number of aromatic carboxylic acids is 1. The smallest absolute Gasteiger partial charge is 0.335 e. The van der Waals surface area contributed by atoms with Gasteiger partial charge in [0.2, 0.25) is 0 Å². The maximum atomic E-state index is 11.1. The summed E-state index contributed by atoms with van der Waals surface area (Å²) in [4.78, 5) is 13.2. The van der Waals surface area contributed by atoms with Crippen LogP contribution in [0.25, 0.3) is 11.1 Å². The van der Waals surface area contributed by atoms with Gasteiger partial charge in [0.15, 0.2) is 0 Å². The summed E-state index contributed by atoms with van der Waals surface area (Å²) in [5.41, 5.74) is 3.19. The highest BCUT2D eigenvalue weighted by Crippen LogP contribution is 2.31. The molecule has 0 bridgehead atoms. The third kappa shape index (κ3) is 3.61. The molecule has 0 spiro atoms. The molecule has 0 radical (unpaired) electrons. The Kier molecular flexibility index (Phi) is 4.60. The van der Waals surface area contributed by atoms with E-state index in [4.69, 9.17) is 9.84 Å². The fourth-order valence-electron chi connectivity index (χ4n) is 2.22. The summed E-state index contributed by atoms with van der Waals surface area (Å²) >= 11 is 0. The van der Waals surface area contributed by atoms with Crippen LogP contribution in [0.5, 0.6) is 5.75 Å². The fourth-order valence-corrected chi connectivity index (χ4v) is 2.22. The van der Waals surface area contributed by atoms with Crippen molar-refractivity contribution in [1.29, 1.82) is 0 Å². The molecule has 0 atom stereocenters. The van der Waals surface area contributed by atoms with E-state index in [0.29, 0.717) is 5.75 Å². The second-order valence-electron chi connectivity index (χ2n) is 5.15. The molecule has 1 N–H and O–H groups in total. The van der Waals surface area contributed by atoms with Crippen LogP contribution >= 0.6 is 0 Å². The fraction of sp³-hybridized carbons (Fsp3) is 0.235. The first-order valence-corrected chi connectivity index (χ1v) is 6.66. The van der Waals surface area contributed by atoms with Crippen molar-refractivity contribution in [3.63, 3.8) is 0 Å². The Balaban J connectivity index is 2.40. The molecule has 110 valence electrons. The monoisotopic (exact) mass is 285 g/mol. The van der Waals surface area contributed by atoms with E-state index in [1.807, 2.05) is 38.4 Å². The lowest BCUT2D eigenvalue weighted by atomic mass is 10.0. The molecule has 0 heterocycles. The summed E-state index contributed by atoms with van der Waals surface area (Å²) in [6.45, 7) is 0.868. The molecule has 4 heteroatoms. The minimum absolute atomic E-state index is 0.253. The second kappa shape index (κ2) is 6.41. The van der Waals surface area contributed by atoms with Crippen LogP contribution in [-0.2, 0) is 6.54 Å². The van der Waals surface area contributed by atoms with Gasteiger partial charge in [0.1, 0.15) is 5.75 Å². The number of rotatable bonds is 5. The second-order valence-corrected chi connectivity index (χ2v) is 5.15. The zero-order valence-electron chi connectivity index (χ0n) is 12.5. The summed E-state index contributed by atoms with van der Waals surface area (Å²) in [5, 5.41) is 9.12. The van der Waals surface area contributed by atoms with Crippen LogP contribution in [0, 0.1) is 0 Å². The van der Waals surface area contributed by atoms with E-state index in [-0.39, 0.29) is 5.56 Å². The lowest BCUT2D eigenvalue weighted by Crippen LogP contribution is -2.10. The van der Waals surface area contributed by atoms with Crippen LogP contribution in [0.4, 0.5) is 0 Å². The molecule has 0 aliphatic heterocycles. The molecule has 2 aromatic rings. The highest BCUT2D eigenvalue weighted by Gasteiger charge is 2.10. The van der Waals surface area contributed by atoms with Gasteiger partial charge in [0.05, 0.1) is 12.7 Å². The van der Waals surface area contributed by atoms with Gasteiger partial charge in [0, 0.05) is 12.1 Å². The lowest BCUT2D eigenvalue weighted by molar-refractivity contribution is 0.0697. The summed E-state index contributed by atoms with van der Waals surface area (Å²) < 4.78 is 5.33. The minimum Gasteiger partial charge on any atom is -0.496 e. The number of carboxylic acid groups (broad SMARTS) is 1. The highest BCUT2D eigenvalue weighted by molar-refractivity contribution is 5.90. The van der Waals surface area contributed by atoms with Crippen molar-refractivity contribution >= 4 is 5.97 Å². The van der Waals surface area contributed by atoms with E-state index in [0.717, 1.165) is 17.7 Å². The third-order valence-corrected chi connectivity index (χ3v) is 3.21. The number of hydrogen-bond donors (Lipinski definition) is 1. The molecule has 2 rings (SSSR count). The number of hydrogen-bond acceptors (Lipinski definition) is 3. The number of carbonyl (C=O) groups is 1. The average Bonchev–Trinajstić information content (AvgIpc) is 2.46. The first kappa shape index (κ1) is 15.1. The predicted molar refractivity (Wildman–Crippen MR) is 82.8 cm³/mol. The maximum Gasteiger partial charge on any atom is 0.335 e. The summed E-state index contributed by atoms with van der Waals surface area (Å²) in [6, 6.07) is 12.9. The number of methoxy groups -OCH3 is 1. The predicted octanol–water partition coefficient (Wildman–Crippen LogP) is 3.12. The number of carboxylic acids is 1. The molecule has 0 fully saturated rings. The maximum absolute atomic E-state index is 11.1. The van der Waals surface area contributed by atoms with Crippen LogP contribution in [-0.4, -0.2) is 37.2 Å². The van der Waals surface area contributed by atoms with Crippen molar-refractivity contribution in [2.75, 3.05) is 21.2 Å². The standard InChI is InChI=1S/C17H19NO3/c1-18(2)11-12-4-6-13(7-5-12)15-10-14(17(19)20)8-9-16(15)21-3/h4-10H,11H2,1-3H3,(H,19,20). The van der Waals surface area contributed by atoms with Crippen LogP contribution in [0.2, 0.25) is 0 Å². The highest BCUT2D eigenvalue weighted by atomic mass is 16.5. The van der Waals surface area contributed by atoms with Crippen molar-refractivity contribution in [1.82, 2.24) is 4.90 Å². The van der Waals surface area contributed by atoms with E-state index < -0.39 is 5.97 Å². The first-order valence-electron chi connectivity index (χ1n) is 6.66. The van der Waals surface area contributed by atoms with Crippen LogP contribution in [0.15, 0.2) is 42.5 Å².